The van der Waals surface area contributed by atoms with Gasteiger partial charge in [0.05, 0.1) is 13.0 Å². The Morgan fingerprint density at radius 3 is 2.71 bits per heavy atom. The van der Waals surface area contributed by atoms with E-state index in [4.69, 9.17) is 17.3 Å². The second-order valence-corrected chi connectivity index (χ2v) is 4.22. The van der Waals surface area contributed by atoms with Crippen molar-refractivity contribution in [3.05, 3.63) is 41.2 Å². The van der Waals surface area contributed by atoms with Crippen molar-refractivity contribution in [2.75, 3.05) is 6.54 Å². The highest BCUT2D eigenvalue weighted by molar-refractivity contribution is 6.34. The van der Waals surface area contributed by atoms with Crippen molar-refractivity contribution in [1.82, 2.24) is 4.98 Å². The van der Waals surface area contributed by atoms with Crippen LogP contribution in [0.15, 0.2) is 30.3 Å². The van der Waals surface area contributed by atoms with Crippen LogP contribution in [0.25, 0.3) is 10.8 Å². The number of hydrogen-bond donors (Lipinski definition) is 1. The molecule has 2 nitrogen and oxygen atoms in total. The summed E-state index contributed by atoms with van der Waals surface area (Å²) < 4.78 is 26.3. The maximum atomic E-state index is 13.2. The van der Waals surface area contributed by atoms with Gasteiger partial charge in [0.15, 0.2) is 0 Å². The molecule has 0 bridgehead atoms. The van der Waals surface area contributed by atoms with E-state index in [1.807, 2.05) is 18.2 Å². The first-order chi connectivity index (χ1) is 8.02. The average Bonchev–Trinajstić information content (AvgIpc) is 2.28. The van der Waals surface area contributed by atoms with Crippen LogP contribution in [0.2, 0.25) is 5.15 Å². The number of nitrogens with zero attached hydrogens (tertiary/aromatic N) is 1. The van der Waals surface area contributed by atoms with Gasteiger partial charge in [-0.15, -0.1) is 0 Å². The van der Waals surface area contributed by atoms with Crippen LogP contribution < -0.4 is 5.73 Å². The second-order valence-electron chi connectivity index (χ2n) is 3.86. The highest BCUT2D eigenvalue weighted by atomic mass is 35.5. The summed E-state index contributed by atoms with van der Waals surface area (Å²) in [4.78, 5) is 3.96. The molecule has 0 aliphatic rings. The number of hydrogen-bond acceptors (Lipinski definition) is 2. The van der Waals surface area contributed by atoms with Crippen molar-refractivity contribution >= 4 is 22.4 Å². The highest BCUT2D eigenvalue weighted by Crippen LogP contribution is 2.25. The Morgan fingerprint density at radius 2 is 2.00 bits per heavy atom. The minimum atomic E-state index is -2.95. The first kappa shape index (κ1) is 12.2. The maximum Gasteiger partial charge on any atom is 0.265 e. The molecule has 0 spiro atoms. The summed E-state index contributed by atoms with van der Waals surface area (Å²) in [5.74, 6) is -2.95. The van der Waals surface area contributed by atoms with E-state index in [9.17, 15) is 8.78 Å². The fourth-order valence-electron chi connectivity index (χ4n) is 1.64. The van der Waals surface area contributed by atoms with E-state index in [1.165, 1.54) is 0 Å². The molecule has 0 saturated heterocycles. The van der Waals surface area contributed by atoms with E-state index >= 15 is 0 Å². The molecule has 0 amide bonds. The lowest BCUT2D eigenvalue weighted by Gasteiger charge is -2.13. The van der Waals surface area contributed by atoms with Crippen LogP contribution in [0.5, 0.6) is 0 Å². The normalized spacial score (nSPS) is 12.0. The van der Waals surface area contributed by atoms with Crippen LogP contribution >= 0.6 is 11.6 Å². The Morgan fingerprint density at radius 1 is 1.29 bits per heavy atom. The Bertz CT molecular complexity index is 543. The monoisotopic (exact) mass is 256 g/mol. The Labute approximate surface area is 102 Å². The van der Waals surface area contributed by atoms with Crippen molar-refractivity contribution in [1.29, 1.82) is 0 Å². The lowest BCUT2D eigenvalue weighted by Crippen LogP contribution is -2.30. The summed E-state index contributed by atoms with van der Waals surface area (Å²) in [7, 11) is 0. The number of pyridine rings is 1. The molecule has 2 rings (SSSR count). The second kappa shape index (κ2) is 4.55. The van der Waals surface area contributed by atoms with E-state index in [0.29, 0.717) is 0 Å². The van der Waals surface area contributed by atoms with Gasteiger partial charge in [-0.05, 0) is 11.5 Å². The van der Waals surface area contributed by atoms with Crippen LogP contribution in [0.4, 0.5) is 8.78 Å². The Hall–Kier alpha value is -1.26. The van der Waals surface area contributed by atoms with Crippen molar-refractivity contribution in [3.63, 3.8) is 0 Å². The predicted octanol–water partition coefficient (Wildman–Crippen LogP) is 3.02. The number of nitrogens with two attached hydrogens (primary N) is 1. The molecule has 1 aromatic heterocycles. The van der Waals surface area contributed by atoms with E-state index in [0.717, 1.165) is 10.8 Å². The van der Waals surface area contributed by atoms with Crippen LogP contribution in [0.3, 0.4) is 0 Å². The molecule has 5 heteroatoms. The maximum absolute atomic E-state index is 13.2. The van der Waals surface area contributed by atoms with Crippen molar-refractivity contribution in [2.45, 2.75) is 12.3 Å². The van der Waals surface area contributed by atoms with Gasteiger partial charge in [-0.2, -0.15) is 0 Å². The molecule has 0 radical (unpaired) electrons. The number of rotatable bonds is 3. The first-order valence-corrected chi connectivity index (χ1v) is 5.52. The summed E-state index contributed by atoms with van der Waals surface area (Å²) in [6.45, 7) is -0.695. The molecule has 0 unspecified atom stereocenters. The van der Waals surface area contributed by atoms with Crippen LogP contribution in [-0.2, 0) is 6.42 Å². The average molecular weight is 257 g/mol. The molecule has 1 aromatic carbocycles. The van der Waals surface area contributed by atoms with E-state index in [-0.39, 0.29) is 10.8 Å². The third-order valence-corrected chi connectivity index (χ3v) is 2.77. The highest BCUT2D eigenvalue weighted by Gasteiger charge is 2.28. The van der Waals surface area contributed by atoms with Crippen LogP contribution in [0, 0.1) is 0 Å². The van der Waals surface area contributed by atoms with Crippen LogP contribution in [-0.4, -0.2) is 17.5 Å². The van der Waals surface area contributed by atoms with Crippen molar-refractivity contribution < 1.29 is 8.78 Å². The Kier molecular flexibility index (Phi) is 3.26. The fraction of sp³-hybridized carbons (Fsp3) is 0.250. The van der Waals surface area contributed by atoms with E-state index in [1.54, 1.807) is 12.1 Å². The standard InChI is InChI=1S/C12H11ClF2N2/c13-11-10-4-2-1-3-8(10)5-9(17-11)6-12(14,15)7-16/h1-5H,6-7,16H2. The molecule has 0 atom stereocenters. The zero-order valence-corrected chi connectivity index (χ0v) is 9.72. The topological polar surface area (TPSA) is 38.9 Å². The summed E-state index contributed by atoms with van der Waals surface area (Å²) in [5, 5.41) is 1.80. The molecule has 2 N–H and O–H groups in total. The summed E-state index contributed by atoms with van der Waals surface area (Å²) in [6.07, 6.45) is -0.492. The Balaban J connectivity index is 2.43. The molecule has 90 valence electrons. The number of alkyl halides is 2. The summed E-state index contributed by atoms with van der Waals surface area (Å²) >= 11 is 5.95. The predicted molar refractivity (Wildman–Crippen MR) is 64.5 cm³/mol. The molecular formula is C12H11ClF2N2. The molecule has 1 heterocycles. The minimum absolute atomic E-state index is 0.242. The lowest BCUT2D eigenvalue weighted by molar-refractivity contribution is 0.0106. The lowest BCUT2D eigenvalue weighted by atomic mass is 10.1. The van der Waals surface area contributed by atoms with Crippen molar-refractivity contribution in [2.24, 2.45) is 5.73 Å². The van der Waals surface area contributed by atoms with Gasteiger partial charge in [-0.1, -0.05) is 35.9 Å². The molecular weight excluding hydrogens is 246 g/mol. The minimum Gasteiger partial charge on any atom is -0.325 e. The molecule has 0 saturated carbocycles. The van der Waals surface area contributed by atoms with E-state index < -0.39 is 18.9 Å². The van der Waals surface area contributed by atoms with Gasteiger partial charge in [0.2, 0.25) is 0 Å². The molecule has 0 fully saturated rings. The van der Waals surface area contributed by atoms with Gasteiger partial charge in [0, 0.05) is 11.1 Å². The SMILES string of the molecule is NCC(F)(F)Cc1cc2ccccc2c(Cl)n1. The number of aromatic nitrogens is 1. The summed E-state index contributed by atoms with van der Waals surface area (Å²) in [5.41, 5.74) is 5.25. The smallest absolute Gasteiger partial charge is 0.265 e. The van der Waals surface area contributed by atoms with Gasteiger partial charge >= 0.3 is 0 Å². The fourth-order valence-corrected chi connectivity index (χ4v) is 1.92. The molecule has 2 aromatic rings. The number of halogens is 3. The van der Waals surface area contributed by atoms with Crippen LogP contribution in [0.1, 0.15) is 5.69 Å². The van der Waals surface area contributed by atoms with Gasteiger partial charge < -0.3 is 5.73 Å². The zero-order chi connectivity index (χ0) is 12.5. The van der Waals surface area contributed by atoms with Gasteiger partial charge in [0.25, 0.3) is 5.92 Å². The molecule has 0 aliphatic heterocycles. The van der Waals surface area contributed by atoms with Gasteiger partial charge in [0.1, 0.15) is 5.15 Å². The van der Waals surface area contributed by atoms with Gasteiger partial charge in [-0.3, -0.25) is 0 Å². The quantitative estimate of drug-likeness (QED) is 0.858. The zero-order valence-electron chi connectivity index (χ0n) is 8.96. The van der Waals surface area contributed by atoms with Gasteiger partial charge in [-0.25, -0.2) is 13.8 Å². The largest absolute Gasteiger partial charge is 0.325 e. The number of benzene rings is 1. The summed E-state index contributed by atoms with van der Waals surface area (Å²) in [6, 6.07) is 8.88. The number of fused-ring (bicyclic) bond motifs is 1. The molecule has 0 aliphatic carbocycles. The van der Waals surface area contributed by atoms with Crippen molar-refractivity contribution in [3.8, 4) is 0 Å². The first-order valence-electron chi connectivity index (χ1n) is 5.14. The van der Waals surface area contributed by atoms with E-state index in [2.05, 4.69) is 4.98 Å². The third-order valence-electron chi connectivity index (χ3n) is 2.49. The third kappa shape index (κ3) is 2.70. The molecule has 17 heavy (non-hydrogen) atoms.